The number of amides is 5. The quantitative estimate of drug-likeness (QED) is 0.170. The molecule has 3 aliphatic rings. The van der Waals surface area contributed by atoms with Crippen molar-refractivity contribution in [1.82, 2.24) is 20.9 Å². The summed E-state index contributed by atoms with van der Waals surface area (Å²) in [5.74, 6) is -2.89. The number of nitrogens with two attached hydrogens (primary N) is 1. The molecule has 5 amide bonds. The number of ketones is 1. The monoisotopic (exact) mass is 619 g/mol. The van der Waals surface area contributed by atoms with Crippen LogP contribution in [-0.2, 0) is 28.7 Å². The highest BCUT2D eigenvalue weighted by Crippen LogP contribution is 2.34. The molecular formula is C32H53N5O7. The third-order valence-corrected chi connectivity index (χ3v) is 9.29. The fourth-order valence-corrected chi connectivity index (χ4v) is 5.78. The van der Waals surface area contributed by atoms with Crippen LogP contribution in [0.3, 0.4) is 0 Å². The molecule has 12 nitrogen and oxygen atoms in total. The van der Waals surface area contributed by atoms with Gasteiger partial charge in [0, 0.05) is 6.54 Å². The Balaban J connectivity index is 1.77. The number of rotatable bonds is 14. The molecule has 0 bridgehead atoms. The molecule has 1 aliphatic heterocycles. The van der Waals surface area contributed by atoms with E-state index < -0.39 is 65.1 Å². The molecule has 5 atom stereocenters. The van der Waals surface area contributed by atoms with Crippen LogP contribution in [0.1, 0.15) is 93.4 Å². The van der Waals surface area contributed by atoms with Gasteiger partial charge >= 0.3 is 12.0 Å². The van der Waals surface area contributed by atoms with Gasteiger partial charge in [-0.05, 0) is 60.7 Å². The van der Waals surface area contributed by atoms with Crippen molar-refractivity contribution < 1.29 is 33.5 Å². The lowest BCUT2D eigenvalue weighted by atomic mass is 9.80. The minimum absolute atomic E-state index is 0.00706. The predicted molar refractivity (Wildman–Crippen MR) is 164 cm³/mol. The van der Waals surface area contributed by atoms with Gasteiger partial charge in [0.1, 0.15) is 18.1 Å². The second-order valence-corrected chi connectivity index (χ2v) is 14.8. The summed E-state index contributed by atoms with van der Waals surface area (Å²) in [6.07, 6.45) is 5.62. The minimum atomic E-state index is -1.10. The van der Waals surface area contributed by atoms with E-state index in [2.05, 4.69) is 16.0 Å². The van der Waals surface area contributed by atoms with Crippen LogP contribution in [0.15, 0.2) is 0 Å². The van der Waals surface area contributed by atoms with E-state index in [1.165, 1.54) is 4.90 Å². The van der Waals surface area contributed by atoms with E-state index in [0.717, 1.165) is 32.1 Å². The molecule has 5 N–H and O–H groups in total. The summed E-state index contributed by atoms with van der Waals surface area (Å²) in [5, 5.41) is 8.21. The van der Waals surface area contributed by atoms with E-state index in [1.54, 1.807) is 13.8 Å². The lowest BCUT2D eigenvalue weighted by Crippen LogP contribution is -2.61. The molecule has 0 aromatic carbocycles. The number of hydrogen-bond acceptors (Lipinski definition) is 7. The Bertz CT molecular complexity index is 1090. The number of Topliss-reactive ketones (excluding diaryl/α,β-unsaturated/α-hetero) is 1. The number of urea groups is 1. The zero-order valence-corrected chi connectivity index (χ0v) is 27.4. The normalized spacial score (nSPS) is 22.5. The molecule has 0 spiro atoms. The van der Waals surface area contributed by atoms with Crippen molar-refractivity contribution >= 4 is 35.5 Å². The Morgan fingerprint density at radius 3 is 2.02 bits per heavy atom. The van der Waals surface area contributed by atoms with Crippen molar-refractivity contribution in [2.75, 3.05) is 13.2 Å². The second kappa shape index (κ2) is 14.7. The molecule has 44 heavy (non-hydrogen) atoms. The number of carbonyl (C=O) groups is 6. The van der Waals surface area contributed by atoms with Crippen molar-refractivity contribution in [3.05, 3.63) is 0 Å². The largest absolute Gasteiger partial charge is 0.464 e. The van der Waals surface area contributed by atoms with Crippen LogP contribution in [0.2, 0.25) is 0 Å². The summed E-state index contributed by atoms with van der Waals surface area (Å²) in [4.78, 5) is 79.7. The van der Waals surface area contributed by atoms with E-state index in [9.17, 15) is 28.8 Å². The second-order valence-electron chi connectivity index (χ2n) is 14.8. The number of likely N-dealkylation sites (tertiary alicyclic amines) is 1. The maximum absolute atomic E-state index is 14.2. The molecule has 3 rings (SSSR count). The Kier molecular flexibility index (Phi) is 11.8. The Morgan fingerprint density at radius 1 is 0.909 bits per heavy atom. The van der Waals surface area contributed by atoms with Gasteiger partial charge in [0.15, 0.2) is 0 Å². The Hall–Kier alpha value is -3.18. The van der Waals surface area contributed by atoms with Gasteiger partial charge in [0.2, 0.25) is 17.6 Å². The number of primary amides is 1. The van der Waals surface area contributed by atoms with Crippen LogP contribution < -0.4 is 21.7 Å². The first-order chi connectivity index (χ1) is 20.5. The molecule has 0 radical (unpaired) electrons. The highest BCUT2D eigenvalue weighted by atomic mass is 16.5. The summed E-state index contributed by atoms with van der Waals surface area (Å²) in [7, 11) is 0. The minimum Gasteiger partial charge on any atom is -0.464 e. The fraction of sp³-hybridized carbons (Fsp3) is 0.812. The summed E-state index contributed by atoms with van der Waals surface area (Å²) in [5.41, 5.74) is 4.55. The highest BCUT2D eigenvalue weighted by Gasteiger charge is 2.46. The smallest absolute Gasteiger partial charge is 0.328 e. The number of carbonyl (C=O) groups excluding carboxylic acids is 6. The third kappa shape index (κ3) is 9.41. The van der Waals surface area contributed by atoms with Crippen LogP contribution in [0.25, 0.3) is 0 Å². The van der Waals surface area contributed by atoms with Crippen molar-refractivity contribution in [1.29, 1.82) is 0 Å². The molecular weight excluding hydrogens is 566 g/mol. The van der Waals surface area contributed by atoms with Gasteiger partial charge in [-0.2, -0.15) is 0 Å². The van der Waals surface area contributed by atoms with Crippen LogP contribution in [0.5, 0.6) is 0 Å². The first-order valence-corrected chi connectivity index (χ1v) is 16.2. The van der Waals surface area contributed by atoms with E-state index in [4.69, 9.17) is 10.5 Å². The molecule has 0 aromatic rings. The number of esters is 1. The lowest BCUT2D eigenvalue weighted by Gasteiger charge is -2.36. The standard InChI is InChI=1S/C32H53N5O7/c1-17(2)21-14-23(28(40)34-22(25(38)27(33)39)13-19-9-8-10-19)37(15-21)29(41)26(32(5,6)7)36-31(43)35-24(18(3)4)30(42)44-16-20-11-12-20/h17-24,26H,8-16H2,1-7H3,(H2,33,39)(H,34,40)(H2,35,36,43)/t21-,22?,23+,24+,26-/m1/s1. The number of nitrogens with zero attached hydrogens (tertiary/aromatic N) is 1. The van der Waals surface area contributed by atoms with Gasteiger partial charge in [-0.1, -0.05) is 67.7 Å². The van der Waals surface area contributed by atoms with E-state index in [0.29, 0.717) is 31.9 Å². The maximum atomic E-state index is 14.2. The molecule has 3 fully saturated rings. The van der Waals surface area contributed by atoms with Crippen molar-refractivity contribution in [3.8, 4) is 0 Å². The average Bonchev–Trinajstić information content (AvgIpc) is 3.63. The summed E-state index contributed by atoms with van der Waals surface area (Å²) < 4.78 is 5.41. The summed E-state index contributed by atoms with van der Waals surface area (Å²) in [6.45, 7) is 13.7. The zero-order valence-electron chi connectivity index (χ0n) is 27.4. The maximum Gasteiger partial charge on any atom is 0.328 e. The molecule has 1 heterocycles. The summed E-state index contributed by atoms with van der Waals surface area (Å²) in [6, 6.07) is -4.55. The van der Waals surface area contributed by atoms with E-state index in [1.807, 2.05) is 34.6 Å². The molecule has 2 aliphatic carbocycles. The van der Waals surface area contributed by atoms with Gasteiger partial charge in [0.05, 0.1) is 12.6 Å². The summed E-state index contributed by atoms with van der Waals surface area (Å²) >= 11 is 0. The predicted octanol–water partition coefficient (Wildman–Crippen LogP) is 2.28. The lowest BCUT2D eigenvalue weighted by molar-refractivity contribution is -0.147. The van der Waals surface area contributed by atoms with E-state index >= 15 is 0 Å². The molecule has 2 saturated carbocycles. The van der Waals surface area contributed by atoms with Crippen LogP contribution in [-0.4, -0.2) is 77.7 Å². The third-order valence-electron chi connectivity index (χ3n) is 9.29. The number of hydrogen-bond donors (Lipinski definition) is 4. The van der Waals surface area contributed by atoms with Crippen LogP contribution in [0, 0.1) is 35.0 Å². The molecule has 0 aromatic heterocycles. The van der Waals surface area contributed by atoms with Crippen LogP contribution >= 0.6 is 0 Å². The van der Waals surface area contributed by atoms with Gasteiger partial charge in [-0.15, -0.1) is 0 Å². The van der Waals surface area contributed by atoms with Crippen molar-refractivity contribution in [2.24, 2.45) is 40.7 Å². The number of ether oxygens (including phenoxy) is 1. The fourth-order valence-electron chi connectivity index (χ4n) is 5.78. The SMILES string of the molecule is CC(C)[C@@H]1C[C@@H](C(=O)NC(CC2CCC2)C(=O)C(N)=O)N(C(=O)[C@@H](NC(=O)N[C@H](C(=O)OCC2CC2)C(C)C)C(C)(C)C)C1. The molecule has 1 saturated heterocycles. The molecule has 248 valence electrons. The van der Waals surface area contributed by atoms with Crippen molar-refractivity contribution in [3.63, 3.8) is 0 Å². The van der Waals surface area contributed by atoms with Gasteiger partial charge in [0.25, 0.3) is 5.91 Å². The topological polar surface area (TPSA) is 177 Å². The Labute approximate surface area is 261 Å². The first kappa shape index (κ1) is 35.3. The zero-order chi connectivity index (χ0) is 32.9. The Morgan fingerprint density at radius 2 is 1.55 bits per heavy atom. The van der Waals surface area contributed by atoms with E-state index in [-0.39, 0.29) is 23.7 Å². The molecule has 1 unspecified atom stereocenters. The number of nitrogens with one attached hydrogen (secondary N) is 3. The highest BCUT2D eigenvalue weighted by molar-refractivity contribution is 6.37. The first-order valence-electron chi connectivity index (χ1n) is 16.2. The van der Waals surface area contributed by atoms with Gasteiger partial charge < -0.3 is 31.3 Å². The van der Waals surface area contributed by atoms with Gasteiger partial charge in [-0.25, -0.2) is 9.59 Å². The van der Waals surface area contributed by atoms with Crippen molar-refractivity contribution in [2.45, 2.75) is 118 Å². The van der Waals surface area contributed by atoms with Crippen LogP contribution in [0.4, 0.5) is 4.79 Å². The molecule has 12 heteroatoms. The average molecular weight is 620 g/mol. The van der Waals surface area contributed by atoms with Gasteiger partial charge in [-0.3, -0.25) is 19.2 Å².